The molecule has 0 unspecified atom stereocenters. The Bertz CT molecular complexity index is 261. The molecule has 0 aliphatic rings. The highest BCUT2D eigenvalue weighted by atomic mass is 35.5. The van der Waals surface area contributed by atoms with Crippen molar-refractivity contribution in [3.63, 3.8) is 0 Å². The summed E-state index contributed by atoms with van der Waals surface area (Å²) in [6, 6.07) is 5.08. The maximum atomic E-state index is 8.72. The molecule has 1 aromatic rings. The molecule has 65 valence electrons. The second-order valence-electron chi connectivity index (χ2n) is 2.28. The van der Waals surface area contributed by atoms with Crippen molar-refractivity contribution in [2.24, 2.45) is 0 Å². The van der Waals surface area contributed by atoms with Crippen molar-refractivity contribution in [2.45, 2.75) is 6.92 Å². The summed E-state index contributed by atoms with van der Waals surface area (Å²) >= 11 is 5.75. The third-order valence-corrected chi connectivity index (χ3v) is 1.57. The summed E-state index contributed by atoms with van der Waals surface area (Å²) in [6.45, 7) is 3.48. The van der Waals surface area contributed by atoms with Gasteiger partial charge in [0.05, 0.1) is 6.61 Å². The minimum atomic E-state index is 0.557. The Kier molecular flexibility index (Phi) is 3.38. The quantitative estimate of drug-likeness (QED) is 0.785. The Labute approximate surface area is 76.7 Å². The van der Waals surface area contributed by atoms with Crippen LogP contribution in [0.2, 0.25) is 5.02 Å². The number of aliphatic hydroxyl groups excluding tert-OH is 1. The van der Waals surface area contributed by atoms with E-state index in [0.717, 1.165) is 6.61 Å². The number of benzene rings is 1. The molecule has 0 saturated carbocycles. The summed E-state index contributed by atoms with van der Waals surface area (Å²) in [5.41, 5.74) is 0.644. The number of ether oxygens (including phenoxy) is 1. The van der Waals surface area contributed by atoms with Crippen LogP contribution >= 0.6 is 11.6 Å². The molecule has 1 aromatic carbocycles. The largest absolute Gasteiger partial charge is 0.494 e. The van der Waals surface area contributed by atoms with Gasteiger partial charge in [-0.05, 0) is 30.7 Å². The average molecular weight is 186 g/mol. The highest BCUT2D eigenvalue weighted by Gasteiger charge is 1.98. The fourth-order valence-corrected chi connectivity index (χ4v) is 1.14. The van der Waals surface area contributed by atoms with Crippen LogP contribution < -0.4 is 4.74 Å². The van der Waals surface area contributed by atoms with Crippen molar-refractivity contribution in [2.75, 3.05) is 6.61 Å². The summed E-state index contributed by atoms with van der Waals surface area (Å²) in [4.78, 5) is 0. The molecule has 0 aromatic heterocycles. The van der Waals surface area contributed by atoms with Gasteiger partial charge in [0.25, 0.3) is 0 Å². The lowest BCUT2D eigenvalue weighted by molar-refractivity contribution is 0.339. The Morgan fingerprint density at radius 2 is 2.25 bits per heavy atom. The maximum absolute atomic E-state index is 8.72. The highest BCUT2D eigenvalue weighted by Crippen LogP contribution is 2.21. The van der Waals surface area contributed by atoms with Crippen LogP contribution in [0.15, 0.2) is 18.2 Å². The second-order valence-corrected chi connectivity index (χ2v) is 2.72. The monoisotopic (exact) mass is 185 g/mol. The highest BCUT2D eigenvalue weighted by molar-refractivity contribution is 6.30. The van der Waals surface area contributed by atoms with Gasteiger partial charge in [0.15, 0.2) is 0 Å². The lowest BCUT2D eigenvalue weighted by Gasteiger charge is -2.04. The fraction of sp³-hybridized carbons (Fsp3) is 0.222. The van der Waals surface area contributed by atoms with Gasteiger partial charge >= 0.3 is 0 Å². The van der Waals surface area contributed by atoms with E-state index < -0.39 is 0 Å². The molecule has 1 rings (SSSR count). The number of aliphatic hydroxyl groups is 1. The fourth-order valence-electron chi connectivity index (χ4n) is 0.909. The predicted molar refractivity (Wildman–Crippen MR) is 48.0 cm³/mol. The first-order chi connectivity index (χ1) is 5.76. The Hall–Kier alpha value is -0.730. The predicted octanol–water partition coefficient (Wildman–Crippen LogP) is 2.62. The summed E-state index contributed by atoms with van der Waals surface area (Å²) in [7, 11) is 0. The molecule has 1 N–H and O–H groups in total. The van der Waals surface area contributed by atoms with Gasteiger partial charge in [-0.2, -0.15) is 0 Å². The van der Waals surface area contributed by atoms with Gasteiger partial charge in [-0.15, -0.1) is 0 Å². The second kappa shape index (κ2) is 4.33. The zero-order valence-electron chi connectivity index (χ0n) is 6.75. The van der Waals surface area contributed by atoms with E-state index in [1.54, 1.807) is 18.2 Å². The molecular weight excluding hydrogens is 176 g/mol. The zero-order valence-corrected chi connectivity index (χ0v) is 7.51. The molecule has 0 aliphatic heterocycles. The normalized spacial score (nSPS) is 9.92. The van der Waals surface area contributed by atoms with Gasteiger partial charge in [0, 0.05) is 5.02 Å². The minimum absolute atomic E-state index is 0.557. The number of hydrogen-bond acceptors (Lipinski definition) is 2. The van der Waals surface area contributed by atoms with Crippen LogP contribution in [-0.2, 0) is 0 Å². The van der Waals surface area contributed by atoms with Crippen LogP contribution in [0.25, 0.3) is 0 Å². The maximum Gasteiger partial charge on any atom is 0.121 e. The molecule has 2 nitrogen and oxygen atoms in total. The van der Waals surface area contributed by atoms with E-state index in [0.29, 0.717) is 22.9 Å². The van der Waals surface area contributed by atoms with Crippen LogP contribution in [0.1, 0.15) is 12.5 Å². The molecule has 0 fully saturated rings. The molecule has 3 heteroatoms. The molecule has 1 radical (unpaired) electrons. The molecule has 0 aliphatic carbocycles. The molecule has 0 spiro atoms. The smallest absolute Gasteiger partial charge is 0.121 e. The third kappa shape index (κ3) is 2.40. The molecular formula is C9H10ClO2. The molecule has 12 heavy (non-hydrogen) atoms. The van der Waals surface area contributed by atoms with Crippen molar-refractivity contribution < 1.29 is 9.84 Å². The molecule has 0 heterocycles. The van der Waals surface area contributed by atoms with Crippen LogP contribution in [-0.4, -0.2) is 11.7 Å². The Balaban J connectivity index is 2.90. The summed E-state index contributed by atoms with van der Waals surface area (Å²) < 4.78 is 5.21. The van der Waals surface area contributed by atoms with Crippen LogP contribution in [0, 0.1) is 6.61 Å². The third-order valence-electron chi connectivity index (χ3n) is 1.35. The number of hydrogen-bond donors (Lipinski definition) is 1. The Morgan fingerprint density at radius 3 is 2.83 bits per heavy atom. The van der Waals surface area contributed by atoms with Gasteiger partial charge in [-0.25, -0.2) is 0 Å². The topological polar surface area (TPSA) is 29.5 Å². The standard InChI is InChI=1S/C9H10ClO2/c1-2-12-9-4-7(6-11)3-8(10)5-9/h3-6,11H,2H2,1H3. The van der Waals surface area contributed by atoms with Crippen molar-refractivity contribution in [1.82, 2.24) is 0 Å². The molecule has 0 saturated heterocycles. The average Bonchev–Trinajstić information content (AvgIpc) is 2.04. The van der Waals surface area contributed by atoms with Gasteiger partial charge < -0.3 is 9.84 Å². The van der Waals surface area contributed by atoms with Crippen molar-refractivity contribution in [1.29, 1.82) is 0 Å². The van der Waals surface area contributed by atoms with E-state index in [2.05, 4.69) is 0 Å². The Morgan fingerprint density at radius 1 is 1.50 bits per heavy atom. The van der Waals surface area contributed by atoms with Gasteiger partial charge in [-0.1, -0.05) is 11.6 Å². The van der Waals surface area contributed by atoms with Crippen LogP contribution in [0.5, 0.6) is 5.75 Å². The first kappa shape index (κ1) is 9.36. The number of halogens is 1. The van der Waals surface area contributed by atoms with E-state index in [9.17, 15) is 0 Å². The lowest BCUT2D eigenvalue weighted by Crippen LogP contribution is -1.92. The lowest BCUT2D eigenvalue weighted by atomic mass is 10.2. The van der Waals surface area contributed by atoms with E-state index in [4.69, 9.17) is 21.4 Å². The zero-order chi connectivity index (χ0) is 8.97. The van der Waals surface area contributed by atoms with Gasteiger partial charge in [0.1, 0.15) is 12.4 Å². The summed E-state index contributed by atoms with van der Waals surface area (Å²) in [5, 5.41) is 9.27. The van der Waals surface area contributed by atoms with E-state index >= 15 is 0 Å². The summed E-state index contributed by atoms with van der Waals surface area (Å²) in [5.74, 6) is 0.672. The molecule has 0 bridgehead atoms. The number of rotatable bonds is 3. The van der Waals surface area contributed by atoms with Crippen molar-refractivity contribution in [3.05, 3.63) is 35.4 Å². The van der Waals surface area contributed by atoms with Crippen molar-refractivity contribution >= 4 is 11.6 Å². The van der Waals surface area contributed by atoms with E-state index in [-0.39, 0.29) is 0 Å². The molecule has 0 atom stereocenters. The SMILES string of the molecule is CCOc1cc(Cl)cc([CH]O)c1. The minimum Gasteiger partial charge on any atom is -0.494 e. The van der Waals surface area contributed by atoms with E-state index in [1.165, 1.54) is 0 Å². The van der Waals surface area contributed by atoms with Gasteiger partial charge in [-0.3, -0.25) is 0 Å². The molecule has 0 amide bonds. The van der Waals surface area contributed by atoms with Crippen LogP contribution in [0.3, 0.4) is 0 Å². The summed E-state index contributed by atoms with van der Waals surface area (Å²) in [6.07, 6.45) is 0. The van der Waals surface area contributed by atoms with Crippen LogP contribution in [0.4, 0.5) is 0 Å². The van der Waals surface area contributed by atoms with Gasteiger partial charge in [0.2, 0.25) is 0 Å². The van der Waals surface area contributed by atoms with Crippen molar-refractivity contribution in [3.8, 4) is 5.75 Å². The first-order valence-corrected chi connectivity index (χ1v) is 4.05. The first-order valence-electron chi connectivity index (χ1n) is 3.67. The van der Waals surface area contributed by atoms with E-state index in [1.807, 2.05) is 6.92 Å².